The zero-order chi connectivity index (χ0) is 8.97. The monoisotopic (exact) mass is 171 g/mol. The maximum atomic E-state index is 5.38. The number of hydrogen-bond acceptors (Lipinski definition) is 2. The van der Waals surface area contributed by atoms with Gasteiger partial charge in [-0.3, -0.25) is 0 Å². The highest BCUT2D eigenvalue weighted by Crippen LogP contribution is 2.28. The SMILES string of the molecule is CC.CCN1C[C@@H]2COC[C@H]2C1. The van der Waals surface area contributed by atoms with Crippen LogP contribution >= 0.6 is 0 Å². The summed E-state index contributed by atoms with van der Waals surface area (Å²) in [5.41, 5.74) is 0. The average molecular weight is 171 g/mol. The lowest BCUT2D eigenvalue weighted by atomic mass is 10.0. The second-order valence-electron chi connectivity index (χ2n) is 3.41. The van der Waals surface area contributed by atoms with Gasteiger partial charge in [-0.15, -0.1) is 0 Å². The lowest BCUT2D eigenvalue weighted by Crippen LogP contribution is -2.22. The van der Waals surface area contributed by atoms with Crippen molar-refractivity contribution in [3.05, 3.63) is 0 Å². The Morgan fingerprint density at radius 3 is 2.08 bits per heavy atom. The second-order valence-corrected chi connectivity index (χ2v) is 3.41. The molecule has 0 spiro atoms. The molecule has 2 aliphatic rings. The summed E-state index contributed by atoms with van der Waals surface area (Å²) in [5.74, 6) is 1.72. The van der Waals surface area contributed by atoms with E-state index >= 15 is 0 Å². The molecule has 2 rings (SSSR count). The van der Waals surface area contributed by atoms with E-state index in [4.69, 9.17) is 4.74 Å². The topological polar surface area (TPSA) is 12.5 Å². The molecule has 2 fully saturated rings. The molecular weight excluding hydrogens is 150 g/mol. The van der Waals surface area contributed by atoms with Crippen molar-refractivity contribution in [3.63, 3.8) is 0 Å². The van der Waals surface area contributed by atoms with Crippen LogP contribution in [0.1, 0.15) is 20.8 Å². The van der Waals surface area contributed by atoms with Crippen molar-refractivity contribution >= 4 is 0 Å². The fourth-order valence-electron chi connectivity index (χ4n) is 2.04. The minimum absolute atomic E-state index is 0.861. The molecule has 0 radical (unpaired) electrons. The average Bonchev–Trinajstić information content (AvgIpc) is 2.65. The van der Waals surface area contributed by atoms with Crippen molar-refractivity contribution < 1.29 is 4.74 Å². The molecule has 0 saturated carbocycles. The number of nitrogens with zero attached hydrogens (tertiary/aromatic N) is 1. The zero-order valence-electron chi connectivity index (χ0n) is 8.55. The van der Waals surface area contributed by atoms with Gasteiger partial charge in [-0.2, -0.15) is 0 Å². The molecular formula is C10H21NO. The molecule has 2 atom stereocenters. The minimum atomic E-state index is 0.861. The van der Waals surface area contributed by atoms with E-state index in [1.807, 2.05) is 13.8 Å². The van der Waals surface area contributed by atoms with E-state index < -0.39 is 0 Å². The van der Waals surface area contributed by atoms with Gasteiger partial charge >= 0.3 is 0 Å². The molecule has 2 heterocycles. The van der Waals surface area contributed by atoms with Gasteiger partial charge in [-0.1, -0.05) is 20.8 Å². The second kappa shape index (κ2) is 4.83. The van der Waals surface area contributed by atoms with Gasteiger partial charge in [0, 0.05) is 24.9 Å². The Morgan fingerprint density at radius 1 is 1.17 bits per heavy atom. The lowest BCUT2D eigenvalue weighted by molar-refractivity contribution is 0.156. The summed E-state index contributed by atoms with van der Waals surface area (Å²) in [6.07, 6.45) is 0. The van der Waals surface area contributed by atoms with E-state index in [9.17, 15) is 0 Å². The summed E-state index contributed by atoms with van der Waals surface area (Å²) >= 11 is 0. The maximum absolute atomic E-state index is 5.38. The van der Waals surface area contributed by atoms with Crippen molar-refractivity contribution in [1.82, 2.24) is 4.90 Å². The predicted molar refractivity (Wildman–Crippen MR) is 51.3 cm³/mol. The molecule has 0 N–H and O–H groups in total. The summed E-state index contributed by atoms with van der Waals surface area (Å²) in [7, 11) is 0. The molecule has 0 aromatic heterocycles. The first-order chi connectivity index (χ1) is 5.90. The van der Waals surface area contributed by atoms with Crippen LogP contribution in [0.15, 0.2) is 0 Å². The number of hydrogen-bond donors (Lipinski definition) is 0. The first-order valence-corrected chi connectivity index (χ1v) is 5.20. The molecule has 0 bridgehead atoms. The maximum Gasteiger partial charge on any atom is 0.0510 e. The Morgan fingerprint density at radius 2 is 1.67 bits per heavy atom. The van der Waals surface area contributed by atoms with E-state index in [0.29, 0.717) is 0 Å². The van der Waals surface area contributed by atoms with Crippen molar-refractivity contribution in [1.29, 1.82) is 0 Å². The van der Waals surface area contributed by atoms with Gasteiger partial charge in [0.2, 0.25) is 0 Å². The van der Waals surface area contributed by atoms with Gasteiger partial charge < -0.3 is 9.64 Å². The summed E-state index contributed by atoms with van der Waals surface area (Å²) in [6, 6.07) is 0. The number of ether oxygens (including phenoxy) is 1. The van der Waals surface area contributed by atoms with E-state index in [1.165, 1.54) is 19.6 Å². The summed E-state index contributed by atoms with van der Waals surface area (Å²) in [4.78, 5) is 2.53. The van der Waals surface area contributed by atoms with Crippen LogP contribution in [0.2, 0.25) is 0 Å². The number of rotatable bonds is 1. The van der Waals surface area contributed by atoms with Crippen molar-refractivity contribution in [2.24, 2.45) is 11.8 Å². The Bertz CT molecular complexity index is 115. The fourth-order valence-corrected chi connectivity index (χ4v) is 2.04. The van der Waals surface area contributed by atoms with Gasteiger partial charge in [0.15, 0.2) is 0 Å². The largest absolute Gasteiger partial charge is 0.381 e. The third kappa shape index (κ3) is 1.99. The molecule has 72 valence electrons. The third-order valence-electron chi connectivity index (χ3n) is 2.76. The molecule has 0 aliphatic carbocycles. The van der Waals surface area contributed by atoms with Crippen molar-refractivity contribution in [2.75, 3.05) is 32.8 Å². The van der Waals surface area contributed by atoms with Crippen LogP contribution in [0.25, 0.3) is 0 Å². The molecule has 0 aromatic rings. The van der Waals surface area contributed by atoms with E-state index in [-0.39, 0.29) is 0 Å². The molecule has 0 unspecified atom stereocenters. The van der Waals surface area contributed by atoms with E-state index in [2.05, 4.69) is 11.8 Å². The molecule has 2 aliphatic heterocycles. The Hall–Kier alpha value is -0.0800. The van der Waals surface area contributed by atoms with Crippen LogP contribution < -0.4 is 0 Å². The first kappa shape index (κ1) is 10.0. The predicted octanol–water partition coefficient (Wildman–Crippen LogP) is 1.61. The summed E-state index contributed by atoms with van der Waals surface area (Å²) in [5, 5.41) is 0. The third-order valence-corrected chi connectivity index (χ3v) is 2.76. The highest BCUT2D eigenvalue weighted by atomic mass is 16.5. The van der Waals surface area contributed by atoms with Gasteiger partial charge in [0.1, 0.15) is 0 Å². The van der Waals surface area contributed by atoms with E-state index in [0.717, 1.165) is 25.0 Å². The Labute approximate surface area is 75.9 Å². The zero-order valence-corrected chi connectivity index (χ0v) is 8.55. The number of fused-ring (bicyclic) bond motifs is 1. The van der Waals surface area contributed by atoms with Gasteiger partial charge in [-0.05, 0) is 6.54 Å². The normalized spacial score (nSPS) is 34.2. The molecule has 0 aromatic carbocycles. The summed E-state index contributed by atoms with van der Waals surface area (Å²) in [6.45, 7) is 12.0. The van der Waals surface area contributed by atoms with Crippen molar-refractivity contribution in [3.8, 4) is 0 Å². The smallest absolute Gasteiger partial charge is 0.0510 e. The van der Waals surface area contributed by atoms with Gasteiger partial charge in [0.25, 0.3) is 0 Å². The highest BCUT2D eigenvalue weighted by Gasteiger charge is 2.35. The van der Waals surface area contributed by atoms with Crippen LogP contribution in [0.5, 0.6) is 0 Å². The van der Waals surface area contributed by atoms with Gasteiger partial charge in [0.05, 0.1) is 13.2 Å². The van der Waals surface area contributed by atoms with Crippen LogP contribution in [-0.2, 0) is 4.74 Å². The molecule has 2 saturated heterocycles. The molecule has 2 nitrogen and oxygen atoms in total. The highest BCUT2D eigenvalue weighted by molar-refractivity contribution is 4.86. The summed E-state index contributed by atoms with van der Waals surface area (Å²) < 4.78 is 5.38. The molecule has 2 heteroatoms. The quantitative estimate of drug-likeness (QED) is 0.594. The Kier molecular flexibility index (Phi) is 4.02. The molecule has 12 heavy (non-hydrogen) atoms. The fraction of sp³-hybridized carbons (Fsp3) is 1.00. The lowest BCUT2D eigenvalue weighted by Gasteiger charge is -2.12. The molecule has 0 amide bonds. The minimum Gasteiger partial charge on any atom is -0.381 e. The first-order valence-electron chi connectivity index (χ1n) is 5.20. The van der Waals surface area contributed by atoms with E-state index in [1.54, 1.807) is 0 Å². The Balaban J connectivity index is 0.000000336. The van der Waals surface area contributed by atoms with Crippen LogP contribution in [0.3, 0.4) is 0 Å². The van der Waals surface area contributed by atoms with Crippen LogP contribution in [-0.4, -0.2) is 37.7 Å². The van der Waals surface area contributed by atoms with Gasteiger partial charge in [-0.25, -0.2) is 0 Å². The van der Waals surface area contributed by atoms with Crippen molar-refractivity contribution in [2.45, 2.75) is 20.8 Å². The standard InChI is InChI=1S/C8H15NO.C2H6/c1-2-9-3-7-5-10-6-8(7)4-9;1-2/h7-8H,2-6H2,1H3;1-2H3/t7-,8-;/m1./s1. The number of likely N-dealkylation sites (tertiary alicyclic amines) is 1. The van der Waals surface area contributed by atoms with Crippen LogP contribution in [0.4, 0.5) is 0 Å². The van der Waals surface area contributed by atoms with Crippen LogP contribution in [0, 0.1) is 11.8 Å².